The van der Waals surface area contributed by atoms with Crippen molar-refractivity contribution in [3.05, 3.63) is 59.5 Å². The lowest BCUT2D eigenvalue weighted by atomic mass is 10.1. The van der Waals surface area contributed by atoms with Gasteiger partial charge in [0.15, 0.2) is 0 Å². The number of thiophene rings is 3. The molecule has 124 valence electrons. The zero-order chi connectivity index (χ0) is 16.8. The monoisotopic (exact) mass is 378 g/mol. The molecular formula is C22H18S3. The van der Waals surface area contributed by atoms with Gasteiger partial charge in [-0.1, -0.05) is 43.7 Å². The van der Waals surface area contributed by atoms with Gasteiger partial charge in [-0.05, 0) is 42.7 Å². The van der Waals surface area contributed by atoms with Crippen molar-refractivity contribution in [1.82, 2.24) is 0 Å². The lowest BCUT2D eigenvalue weighted by Gasteiger charge is -1.98. The van der Waals surface area contributed by atoms with E-state index in [0.29, 0.717) is 0 Å². The zero-order valence-electron chi connectivity index (χ0n) is 14.0. The molecule has 0 bridgehead atoms. The van der Waals surface area contributed by atoms with Gasteiger partial charge in [-0.2, -0.15) is 0 Å². The van der Waals surface area contributed by atoms with E-state index in [1.165, 1.54) is 64.2 Å². The van der Waals surface area contributed by atoms with Crippen molar-refractivity contribution in [3.63, 3.8) is 0 Å². The molecule has 5 rings (SSSR count). The van der Waals surface area contributed by atoms with Crippen LogP contribution in [0.25, 0.3) is 40.0 Å². The fourth-order valence-electron chi connectivity index (χ4n) is 3.38. The highest BCUT2D eigenvalue weighted by atomic mass is 32.1. The van der Waals surface area contributed by atoms with Crippen LogP contribution in [0.2, 0.25) is 0 Å². The van der Waals surface area contributed by atoms with E-state index in [-0.39, 0.29) is 0 Å². The van der Waals surface area contributed by atoms with E-state index in [1.54, 1.807) is 0 Å². The Morgan fingerprint density at radius 1 is 0.760 bits per heavy atom. The highest BCUT2D eigenvalue weighted by molar-refractivity contribution is 7.36. The van der Waals surface area contributed by atoms with Gasteiger partial charge < -0.3 is 0 Å². The molecular weight excluding hydrogens is 360 g/mol. The molecule has 0 atom stereocenters. The van der Waals surface area contributed by atoms with Crippen LogP contribution >= 0.6 is 34.0 Å². The van der Waals surface area contributed by atoms with Crippen LogP contribution < -0.4 is 0 Å². The lowest BCUT2D eigenvalue weighted by molar-refractivity contribution is 0.804. The molecule has 0 amide bonds. The molecule has 3 heterocycles. The summed E-state index contributed by atoms with van der Waals surface area (Å²) in [6.07, 6.45) is 3.76. The molecule has 0 N–H and O–H groups in total. The standard InChI is InChI=1S/C22H18S3/c1-2-3-6-15-10-12-18(23-15)14-9-11-17-20(13-14)25-21-16-7-4-5-8-19(16)24-22(17)21/h4-5,7-13H,2-3,6H2,1H3. The predicted octanol–water partition coefficient (Wildman–Crippen LogP) is 8.34. The molecule has 25 heavy (non-hydrogen) atoms. The third-order valence-corrected chi connectivity index (χ3v) is 8.42. The summed E-state index contributed by atoms with van der Waals surface area (Å²) < 4.78 is 5.70. The van der Waals surface area contributed by atoms with Crippen LogP contribution in [0.15, 0.2) is 54.6 Å². The molecule has 0 saturated carbocycles. The van der Waals surface area contributed by atoms with Crippen LogP contribution in [-0.4, -0.2) is 0 Å². The molecule has 0 aliphatic rings. The van der Waals surface area contributed by atoms with Crippen molar-refractivity contribution in [1.29, 1.82) is 0 Å². The maximum atomic E-state index is 2.39. The summed E-state index contributed by atoms with van der Waals surface area (Å²) >= 11 is 5.82. The number of rotatable bonds is 4. The van der Waals surface area contributed by atoms with Crippen LogP contribution in [-0.2, 0) is 6.42 Å². The number of aryl methyl sites for hydroxylation is 1. The van der Waals surface area contributed by atoms with Crippen molar-refractivity contribution in [2.45, 2.75) is 26.2 Å². The minimum atomic E-state index is 1.21. The number of fused-ring (bicyclic) bond motifs is 5. The Hall–Kier alpha value is -1.68. The van der Waals surface area contributed by atoms with Crippen molar-refractivity contribution in [2.24, 2.45) is 0 Å². The van der Waals surface area contributed by atoms with E-state index in [1.807, 2.05) is 34.0 Å². The molecule has 0 radical (unpaired) electrons. The topological polar surface area (TPSA) is 0 Å². The maximum Gasteiger partial charge on any atom is 0.0542 e. The van der Waals surface area contributed by atoms with E-state index < -0.39 is 0 Å². The van der Waals surface area contributed by atoms with Gasteiger partial charge >= 0.3 is 0 Å². The van der Waals surface area contributed by atoms with Gasteiger partial charge in [0, 0.05) is 29.9 Å². The van der Waals surface area contributed by atoms with Crippen molar-refractivity contribution < 1.29 is 0 Å². The number of hydrogen-bond donors (Lipinski definition) is 0. The maximum absolute atomic E-state index is 2.39. The first kappa shape index (κ1) is 15.6. The Balaban J connectivity index is 1.61. The van der Waals surface area contributed by atoms with Crippen LogP contribution in [0.3, 0.4) is 0 Å². The number of unbranched alkanes of at least 4 members (excludes halogenated alkanes) is 1. The Kier molecular flexibility index (Phi) is 3.89. The molecule has 2 aromatic carbocycles. The highest BCUT2D eigenvalue weighted by Gasteiger charge is 2.13. The van der Waals surface area contributed by atoms with E-state index in [4.69, 9.17) is 0 Å². The molecule has 5 aromatic rings. The molecule has 0 spiro atoms. The highest BCUT2D eigenvalue weighted by Crippen LogP contribution is 2.45. The minimum Gasteiger partial charge on any atom is -0.140 e. The van der Waals surface area contributed by atoms with E-state index >= 15 is 0 Å². The van der Waals surface area contributed by atoms with Crippen molar-refractivity contribution >= 4 is 63.6 Å². The van der Waals surface area contributed by atoms with Gasteiger partial charge in [0.1, 0.15) is 0 Å². The van der Waals surface area contributed by atoms with Crippen LogP contribution in [0, 0.1) is 0 Å². The predicted molar refractivity (Wildman–Crippen MR) is 117 cm³/mol. The number of benzene rings is 2. The quantitative estimate of drug-likeness (QED) is 0.295. The van der Waals surface area contributed by atoms with Crippen LogP contribution in [0.1, 0.15) is 24.6 Å². The zero-order valence-corrected chi connectivity index (χ0v) is 16.5. The average Bonchev–Trinajstić information content (AvgIpc) is 3.33. The van der Waals surface area contributed by atoms with Gasteiger partial charge in [0.25, 0.3) is 0 Å². The Morgan fingerprint density at radius 3 is 2.44 bits per heavy atom. The Bertz CT molecular complexity index is 1190. The molecule has 0 aliphatic heterocycles. The molecule has 3 heteroatoms. The largest absolute Gasteiger partial charge is 0.140 e. The molecule has 0 fully saturated rings. The summed E-state index contributed by atoms with van der Waals surface area (Å²) in [7, 11) is 0. The minimum absolute atomic E-state index is 1.21. The first-order chi connectivity index (χ1) is 12.3. The second-order valence-corrected chi connectivity index (χ2v) is 9.71. The van der Waals surface area contributed by atoms with Gasteiger partial charge in [-0.3, -0.25) is 0 Å². The smallest absolute Gasteiger partial charge is 0.0542 e. The fourth-order valence-corrected chi connectivity index (χ4v) is 7.12. The second kappa shape index (κ2) is 6.24. The summed E-state index contributed by atoms with van der Waals surface area (Å²) in [6.45, 7) is 2.26. The molecule has 3 aromatic heterocycles. The van der Waals surface area contributed by atoms with Crippen LogP contribution in [0.5, 0.6) is 0 Å². The summed E-state index contributed by atoms with van der Waals surface area (Å²) in [5.41, 5.74) is 1.36. The van der Waals surface area contributed by atoms with Gasteiger partial charge in [-0.15, -0.1) is 34.0 Å². The first-order valence-electron chi connectivity index (χ1n) is 8.76. The molecule has 0 nitrogen and oxygen atoms in total. The van der Waals surface area contributed by atoms with Crippen molar-refractivity contribution in [2.75, 3.05) is 0 Å². The average molecular weight is 379 g/mol. The molecule has 0 saturated heterocycles. The van der Waals surface area contributed by atoms with E-state index in [2.05, 4.69) is 61.5 Å². The first-order valence-corrected chi connectivity index (χ1v) is 11.2. The lowest BCUT2D eigenvalue weighted by Crippen LogP contribution is -1.76. The Morgan fingerprint density at radius 2 is 1.56 bits per heavy atom. The van der Waals surface area contributed by atoms with Gasteiger partial charge in [-0.25, -0.2) is 0 Å². The molecule has 0 aliphatic carbocycles. The number of hydrogen-bond acceptors (Lipinski definition) is 3. The summed E-state index contributed by atoms with van der Waals surface area (Å²) in [6, 6.07) is 20.4. The van der Waals surface area contributed by atoms with Gasteiger partial charge in [0.05, 0.1) is 9.40 Å². The van der Waals surface area contributed by atoms with Crippen molar-refractivity contribution in [3.8, 4) is 10.4 Å². The molecule has 0 unspecified atom stereocenters. The SMILES string of the molecule is CCCCc1ccc(-c2ccc3c(c2)sc2c4ccccc4sc32)s1. The third kappa shape index (κ3) is 2.62. The third-order valence-electron chi connectivity index (χ3n) is 4.71. The summed E-state index contributed by atoms with van der Waals surface area (Å²) in [4.78, 5) is 2.91. The van der Waals surface area contributed by atoms with Crippen LogP contribution in [0.4, 0.5) is 0 Å². The Labute approximate surface area is 159 Å². The van der Waals surface area contributed by atoms with Gasteiger partial charge in [0.2, 0.25) is 0 Å². The summed E-state index contributed by atoms with van der Waals surface area (Å²) in [5, 5.41) is 2.82. The second-order valence-electron chi connectivity index (χ2n) is 6.44. The van der Waals surface area contributed by atoms with E-state index in [9.17, 15) is 0 Å². The summed E-state index contributed by atoms with van der Waals surface area (Å²) in [5.74, 6) is 0. The van der Waals surface area contributed by atoms with E-state index in [0.717, 1.165) is 0 Å². The fraction of sp³-hybridized carbons (Fsp3) is 0.182. The normalized spacial score (nSPS) is 11.9.